The summed E-state index contributed by atoms with van der Waals surface area (Å²) in [6.07, 6.45) is 4.68. The van der Waals surface area contributed by atoms with Gasteiger partial charge < -0.3 is 20.9 Å². The van der Waals surface area contributed by atoms with Gasteiger partial charge in [0.1, 0.15) is 11.5 Å². The van der Waals surface area contributed by atoms with Crippen molar-refractivity contribution < 1.29 is 18.3 Å². The molecule has 0 amide bonds. The first kappa shape index (κ1) is 23.7. The van der Waals surface area contributed by atoms with Crippen LogP contribution in [0.15, 0.2) is 84.9 Å². The quantitative estimate of drug-likeness (QED) is 0.271. The second-order valence-corrected chi connectivity index (χ2v) is 9.28. The average molecular weight is 487 g/mol. The fraction of sp³-hybridized carbons (Fsp3) is 0.200. The Morgan fingerprint density at radius 1 is 0.556 bits per heavy atom. The van der Waals surface area contributed by atoms with Crippen LogP contribution in [-0.4, -0.2) is 0 Å². The molecule has 4 aromatic rings. The summed E-state index contributed by atoms with van der Waals surface area (Å²) in [4.78, 5) is 0. The maximum atomic E-state index is 15.2. The Balaban J connectivity index is 1.45. The molecule has 4 aromatic carbocycles. The smallest absolute Gasteiger partial charge is 0.166 e. The Hall–Kier alpha value is -4.06. The van der Waals surface area contributed by atoms with Crippen molar-refractivity contribution in [1.29, 1.82) is 0 Å². The molecule has 36 heavy (non-hydrogen) atoms. The minimum absolute atomic E-state index is 0.132. The molecule has 0 saturated heterocycles. The summed E-state index contributed by atoms with van der Waals surface area (Å²) in [7, 11) is 0. The highest BCUT2D eigenvalue weighted by atomic mass is 19.1. The van der Waals surface area contributed by atoms with E-state index < -0.39 is 17.0 Å². The van der Waals surface area contributed by atoms with Gasteiger partial charge in [-0.2, -0.15) is 0 Å². The first-order valence-corrected chi connectivity index (χ1v) is 12.1. The van der Waals surface area contributed by atoms with Crippen LogP contribution in [-0.2, 0) is 5.41 Å². The van der Waals surface area contributed by atoms with E-state index in [4.69, 9.17) is 20.9 Å². The van der Waals surface area contributed by atoms with Gasteiger partial charge in [-0.05, 0) is 96.8 Å². The van der Waals surface area contributed by atoms with Gasteiger partial charge in [0.15, 0.2) is 23.1 Å². The monoisotopic (exact) mass is 486 g/mol. The molecule has 0 aromatic heterocycles. The molecule has 4 N–H and O–H groups in total. The second kappa shape index (κ2) is 9.90. The molecular formula is C30H28F2N2O2. The van der Waals surface area contributed by atoms with Crippen LogP contribution in [0.4, 0.5) is 20.2 Å². The van der Waals surface area contributed by atoms with Crippen molar-refractivity contribution in [3.63, 3.8) is 0 Å². The predicted octanol–water partition coefficient (Wildman–Crippen LogP) is 7.96. The number of nitrogen functional groups attached to an aromatic ring is 2. The highest BCUT2D eigenvalue weighted by Gasteiger charge is 2.37. The van der Waals surface area contributed by atoms with E-state index in [1.165, 1.54) is 12.1 Å². The average Bonchev–Trinajstić information content (AvgIpc) is 2.89. The van der Waals surface area contributed by atoms with E-state index in [0.717, 1.165) is 43.2 Å². The van der Waals surface area contributed by atoms with E-state index in [0.29, 0.717) is 22.9 Å². The number of rotatable bonds is 6. The summed E-state index contributed by atoms with van der Waals surface area (Å²) in [5, 5.41) is 0. The number of halogens is 2. The van der Waals surface area contributed by atoms with Crippen molar-refractivity contribution in [3.8, 4) is 23.0 Å². The standard InChI is InChI=1S/C30H28F2N2O2/c31-26-18-20(4-14-28(26)35-24-10-6-22(33)7-11-24)30(16-2-1-3-17-30)21-5-15-29(27(32)19-21)36-25-12-8-23(34)9-13-25/h4-15,18-19H,1-3,16-17,33-34H2. The highest BCUT2D eigenvalue weighted by Crippen LogP contribution is 2.46. The van der Waals surface area contributed by atoms with Crippen LogP contribution >= 0.6 is 0 Å². The zero-order valence-electron chi connectivity index (χ0n) is 19.8. The molecule has 4 nitrogen and oxygen atoms in total. The van der Waals surface area contributed by atoms with Crippen molar-refractivity contribution in [2.75, 3.05) is 11.5 Å². The molecule has 0 heterocycles. The third kappa shape index (κ3) is 4.85. The topological polar surface area (TPSA) is 70.5 Å². The maximum absolute atomic E-state index is 15.2. The number of ether oxygens (including phenoxy) is 2. The molecular weight excluding hydrogens is 458 g/mol. The third-order valence-electron chi connectivity index (χ3n) is 6.89. The van der Waals surface area contributed by atoms with Gasteiger partial charge in [-0.1, -0.05) is 31.4 Å². The molecule has 0 atom stereocenters. The van der Waals surface area contributed by atoms with Crippen LogP contribution in [0, 0.1) is 11.6 Å². The lowest BCUT2D eigenvalue weighted by Gasteiger charge is -2.39. The Kier molecular flexibility index (Phi) is 6.51. The largest absolute Gasteiger partial charge is 0.454 e. The van der Waals surface area contributed by atoms with Crippen LogP contribution < -0.4 is 20.9 Å². The van der Waals surface area contributed by atoms with Gasteiger partial charge in [0.2, 0.25) is 0 Å². The summed E-state index contributed by atoms with van der Waals surface area (Å²) in [6, 6.07) is 23.7. The van der Waals surface area contributed by atoms with E-state index in [-0.39, 0.29) is 11.5 Å². The molecule has 0 aliphatic heterocycles. The van der Waals surface area contributed by atoms with E-state index in [1.54, 1.807) is 60.7 Å². The molecule has 0 radical (unpaired) electrons. The van der Waals surface area contributed by atoms with Gasteiger partial charge in [0.05, 0.1) is 0 Å². The molecule has 1 saturated carbocycles. The van der Waals surface area contributed by atoms with Crippen molar-refractivity contribution >= 4 is 11.4 Å². The lowest BCUT2D eigenvalue weighted by atomic mass is 9.65. The van der Waals surface area contributed by atoms with Gasteiger partial charge in [-0.25, -0.2) is 8.78 Å². The number of anilines is 2. The molecule has 0 bridgehead atoms. The Morgan fingerprint density at radius 3 is 1.36 bits per heavy atom. The van der Waals surface area contributed by atoms with Gasteiger partial charge in [0.25, 0.3) is 0 Å². The molecule has 1 fully saturated rings. The van der Waals surface area contributed by atoms with Crippen molar-refractivity contribution in [1.82, 2.24) is 0 Å². The van der Waals surface area contributed by atoms with Crippen LogP contribution in [0.1, 0.15) is 43.2 Å². The van der Waals surface area contributed by atoms with E-state index >= 15 is 8.78 Å². The molecule has 184 valence electrons. The van der Waals surface area contributed by atoms with E-state index in [9.17, 15) is 0 Å². The van der Waals surface area contributed by atoms with Gasteiger partial charge in [-0.3, -0.25) is 0 Å². The minimum Gasteiger partial charge on any atom is -0.454 e. The molecule has 0 unspecified atom stereocenters. The van der Waals surface area contributed by atoms with Crippen molar-refractivity contribution in [2.45, 2.75) is 37.5 Å². The van der Waals surface area contributed by atoms with Crippen LogP contribution in [0.25, 0.3) is 0 Å². The lowest BCUT2D eigenvalue weighted by molar-refractivity contribution is 0.341. The summed E-state index contributed by atoms with van der Waals surface area (Å²) in [5.74, 6) is 0.348. The zero-order chi connectivity index (χ0) is 25.1. The summed E-state index contributed by atoms with van der Waals surface area (Å²) in [5.41, 5.74) is 13.8. The Morgan fingerprint density at radius 2 is 0.972 bits per heavy atom. The third-order valence-corrected chi connectivity index (χ3v) is 6.89. The zero-order valence-corrected chi connectivity index (χ0v) is 19.8. The van der Waals surface area contributed by atoms with Crippen molar-refractivity contribution in [3.05, 3.63) is 108 Å². The normalized spacial score (nSPS) is 14.8. The molecule has 5 rings (SSSR count). The molecule has 6 heteroatoms. The Bertz CT molecular complexity index is 1250. The first-order valence-electron chi connectivity index (χ1n) is 12.1. The van der Waals surface area contributed by atoms with Crippen molar-refractivity contribution in [2.24, 2.45) is 0 Å². The molecule has 0 spiro atoms. The lowest BCUT2D eigenvalue weighted by Crippen LogP contribution is -2.30. The van der Waals surface area contributed by atoms with Gasteiger partial charge >= 0.3 is 0 Å². The van der Waals surface area contributed by atoms with Crippen LogP contribution in [0.5, 0.6) is 23.0 Å². The number of hydrogen-bond donors (Lipinski definition) is 2. The molecule has 1 aliphatic rings. The van der Waals surface area contributed by atoms with Gasteiger partial charge in [-0.15, -0.1) is 0 Å². The predicted molar refractivity (Wildman–Crippen MR) is 139 cm³/mol. The number of nitrogens with two attached hydrogens (primary N) is 2. The molecule has 1 aliphatic carbocycles. The number of hydrogen-bond acceptors (Lipinski definition) is 4. The summed E-state index contributed by atoms with van der Waals surface area (Å²) in [6.45, 7) is 0. The summed E-state index contributed by atoms with van der Waals surface area (Å²) >= 11 is 0. The fourth-order valence-corrected chi connectivity index (χ4v) is 4.99. The van der Waals surface area contributed by atoms with E-state index in [1.807, 2.05) is 12.1 Å². The SMILES string of the molecule is Nc1ccc(Oc2ccc(C3(c4ccc(Oc5ccc(N)cc5)c(F)c4)CCCCC3)cc2F)cc1. The Labute approximate surface area is 209 Å². The summed E-state index contributed by atoms with van der Waals surface area (Å²) < 4.78 is 41.9. The number of benzene rings is 4. The van der Waals surface area contributed by atoms with Crippen LogP contribution in [0.3, 0.4) is 0 Å². The van der Waals surface area contributed by atoms with E-state index in [2.05, 4.69) is 0 Å². The first-order chi connectivity index (χ1) is 17.4. The van der Waals surface area contributed by atoms with Gasteiger partial charge in [0, 0.05) is 16.8 Å². The fourth-order valence-electron chi connectivity index (χ4n) is 4.99. The highest BCUT2D eigenvalue weighted by molar-refractivity contribution is 5.48. The second-order valence-electron chi connectivity index (χ2n) is 9.28. The van der Waals surface area contributed by atoms with Crippen LogP contribution in [0.2, 0.25) is 0 Å². The minimum atomic E-state index is -0.487. The maximum Gasteiger partial charge on any atom is 0.166 e.